The van der Waals surface area contributed by atoms with Crippen LogP contribution in [0.1, 0.15) is 23.2 Å². The lowest BCUT2D eigenvalue weighted by atomic mass is 9.71. The maximum absolute atomic E-state index is 13.2. The van der Waals surface area contributed by atoms with Crippen molar-refractivity contribution in [1.82, 2.24) is 19.9 Å². The molecule has 1 amide bonds. The second-order valence-corrected chi connectivity index (χ2v) is 8.23. The molecule has 1 unspecified atom stereocenters. The number of nitrogens with one attached hydrogen (secondary N) is 1. The highest BCUT2D eigenvalue weighted by Crippen LogP contribution is 2.45. The average molecular weight is 391 g/mol. The average Bonchev–Trinajstić information content (AvgIpc) is 3.39. The number of fused-ring (bicyclic) bond motifs is 1. The van der Waals surface area contributed by atoms with Gasteiger partial charge in [-0.05, 0) is 42.5 Å². The molecule has 2 saturated heterocycles. The van der Waals surface area contributed by atoms with Crippen LogP contribution in [0.4, 0.5) is 5.82 Å². The van der Waals surface area contributed by atoms with Gasteiger partial charge in [-0.2, -0.15) is 0 Å². The van der Waals surface area contributed by atoms with Gasteiger partial charge in [-0.1, -0.05) is 6.07 Å². The van der Waals surface area contributed by atoms with Gasteiger partial charge < -0.3 is 19.9 Å². The Labute approximate surface area is 169 Å². The quantitative estimate of drug-likeness (QED) is 0.716. The Morgan fingerprint density at radius 1 is 1.24 bits per heavy atom. The van der Waals surface area contributed by atoms with Gasteiger partial charge in [-0.25, -0.2) is 9.97 Å². The molecule has 2 aromatic heterocycles. The molecule has 5 rings (SSSR count). The van der Waals surface area contributed by atoms with Crippen molar-refractivity contribution in [3.63, 3.8) is 0 Å². The van der Waals surface area contributed by atoms with E-state index in [1.165, 1.54) is 0 Å². The summed E-state index contributed by atoms with van der Waals surface area (Å²) in [5, 5.41) is 11.0. The molecule has 7 nitrogen and oxygen atoms in total. The van der Waals surface area contributed by atoms with E-state index in [1.807, 2.05) is 41.4 Å². The fraction of sp³-hybridized carbons (Fsp3) is 0.409. The third-order valence-electron chi connectivity index (χ3n) is 6.80. The Bertz CT molecular complexity index is 1010. The van der Waals surface area contributed by atoms with E-state index in [2.05, 4.69) is 19.9 Å². The third-order valence-corrected chi connectivity index (χ3v) is 6.80. The molecule has 2 N–H and O–H groups in total. The van der Waals surface area contributed by atoms with Crippen LogP contribution in [-0.2, 0) is 0 Å². The minimum absolute atomic E-state index is 0.0244. The number of aliphatic hydroxyl groups excluding tert-OH is 1. The fourth-order valence-corrected chi connectivity index (χ4v) is 5.09. The van der Waals surface area contributed by atoms with Gasteiger partial charge in [0.05, 0.1) is 0 Å². The standard InChI is InChI=1S/C22H25N5O2/c28-13-16-12-27(20-5-8-23-15-25-20)14-22(16)6-10-26(11-7-22)21(29)18-2-1-3-19-17(18)4-9-24-19/h1-5,8-9,15-16,24,28H,6-7,10-14H2. The number of benzene rings is 1. The van der Waals surface area contributed by atoms with Gasteiger partial charge in [0.1, 0.15) is 12.1 Å². The number of likely N-dealkylation sites (tertiary alicyclic amines) is 1. The van der Waals surface area contributed by atoms with Gasteiger partial charge in [-0.3, -0.25) is 4.79 Å². The zero-order valence-electron chi connectivity index (χ0n) is 16.3. The van der Waals surface area contributed by atoms with Crippen LogP contribution in [-0.4, -0.2) is 63.7 Å². The minimum atomic E-state index is 0.0244. The molecule has 150 valence electrons. The zero-order chi connectivity index (χ0) is 19.8. The molecule has 1 aromatic carbocycles. The summed E-state index contributed by atoms with van der Waals surface area (Å²) in [5.41, 5.74) is 1.77. The monoisotopic (exact) mass is 391 g/mol. The molecule has 2 fully saturated rings. The summed E-state index contributed by atoms with van der Waals surface area (Å²) in [4.78, 5) is 29.0. The van der Waals surface area contributed by atoms with Crippen LogP contribution in [0.25, 0.3) is 10.9 Å². The molecule has 1 atom stereocenters. The molecule has 29 heavy (non-hydrogen) atoms. The Kier molecular flexibility index (Phi) is 4.47. The van der Waals surface area contributed by atoms with Gasteiger partial charge in [0.25, 0.3) is 5.91 Å². The van der Waals surface area contributed by atoms with E-state index in [-0.39, 0.29) is 23.8 Å². The van der Waals surface area contributed by atoms with Crippen molar-refractivity contribution < 1.29 is 9.90 Å². The summed E-state index contributed by atoms with van der Waals surface area (Å²) in [7, 11) is 0. The molecular formula is C22H25N5O2. The van der Waals surface area contributed by atoms with Crippen LogP contribution in [0.2, 0.25) is 0 Å². The second-order valence-electron chi connectivity index (χ2n) is 8.23. The summed E-state index contributed by atoms with van der Waals surface area (Å²) in [5.74, 6) is 1.20. The summed E-state index contributed by atoms with van der Waals surface area (Å²) in [6.07, 6.45) is 6.99. The maximum atomic E-state index is 13.2. The predicted molar refractivity (Wildman–Crippen MR) is 111 cm³/mol. The normalized spacial score (nSPS) is 21.2. The summed E-state index contributed by atoms with van der Waals surface area (Å²) in [6.45, 7) is 3.26. The van der Waals surface area contributed by atoms with Gasteiger partial charge in [-0.15, -0.1) is 0 Å². The first-order valence-corrected chi connectivity index (χ1v) is 10.2. The number of carbonyl (C=O) groups is 1. The maximum Gasteiger partial charge on any atom is 0.254 e. The van der Waals surface area contributed by atoms with Crippen molar-refractivity contribution in [1.29, 1.82) is 0 Å². The van der Waals surface area contributed by atoms with E-state index in [0.717, 1.165) is 48.2 Å². The van der Waals surface area contributed by atoms with E-state index < -0.39 is 0 Å². The lowest BCUT2D eigenvalue weighted by Gasteiger charge is -2.42. The van der Waals surface area contributed by atoms with Crippen molar-refractivity contribution in [3.8, 4) is 0 Å². The second kappa shape index (κ2) is 7.15. The third kappa shape index (κ3) is 3.06. The lowest BCUT2D eigenvalue weighted by Crippen LogP contribution is -2.47. The highest BCUT2D eigenvalue weighted by Gasteiger charge is 2.48. The van der Waals surface area contributed by atoms with Crippen LogP contribution >= 0.6 is 0 Å². The van der Waals surface area contributed by atoms with Crippen molar-refractivity contribution in [2.24, 2.45) is 11.3 Å². The predicted octanol–water partition coefficient (Wildman–Crippen LogP) is 2.31. The highest BCUT2D eigenvalue weighted by atomic mass is 16.3. The van der Waals surface area contributed by atoms with E-state index in [9.17, 15) is 9.90 Å². The first kappa shape index (κ1) is 18.1. The number of carbonyl (C=O) groups excluding carboxylic acids is 1. The zero-order valence-corrected chi connectivity index (χ0v) is 16.3. The number of amides is 1. The van der Waals surface area contributed by atoms with Crippen molar-refractivity contribution in [3.05, 3.63) is 54.6 Å². The molecule has 3 aromatic rings. The first-order valence-electron chi connectivity index (χ1n) is 10.2. The number of aliphatic hydroxyl groups is 1. The van der Waals surface area contributed by atoms with Crippen molar-refractivity contribution >= 4 is 22.6 Å². The summed E-state index contributed by atoms with van der Waals surface area (Å²) in [6, 6.07) is 9.71. The number of hydrogen-bond donors (Lipinski definition) is 2. The van der Waals surface area contributed by atoms with Gasteiger partial charge in [0, 0.05) is 67.6 Å². The Balaban J connectivity index is 1.33. The molecule has 4 heterocycles. The molecule has 2 aliphatic heterocycles. The van der Waals surface area contributed by atoms with Crippen LogP contribution in [0, 0.1) is 11.3 Å². The van der Waals surface area contributed by atoms with Crippen LogP contribution in [0.15, 0.2) is 49.1 Å². The molecule has 0 aliphatic carbocycles. The number of aromatic nitrogens is 3. The van der Waals surface area contributed by atoms with Crippen LogP contribution in [0.5, 0.6) is 0 Å². The Hall–Kier alpha value is -2.93. The minimum Gasteiger partial charge on any atom is -0.396 e. The number of aromatic amines is 1. The summed E-state index contributed by atoms with van der Waals surface area (Å²) < 4.78 is 0. The molecule has 7 heteroatoms. The number of anilines is 1. The number of hydrogen-bond acceptors (Lipinski definition) is 5. The smallest absolute Gasteiger partial charge is 0.254 e. The topological polar surface area (TPSA) is 85.4 Å². The first-order chi connectivity index (χ1) is 14.2. The van der Waals surface area contributed by atoms with Crippen LogP contribution < -0.4 is 4.90 Å². The SMILES string of the molecule is O=C(c1cccc2[nH]ccc12)N1CCC2(CC1)CN(c1ccncn1)CC2CO. The fourth-order valence-electron chi connectivity index (χ4n) is 5.09. The molecule has 0 radical (unpaired) electrons. The highest BCUT2D eigenvalue weighted by molar-refractivity contribution is 6.06. The van der Waals surface area contributed by atoms with E-state index in [0.29, 0.717) is 13.1 Å². The Morgan fingerprint density at radius 2 is 2.10 bits per heavy atom. The Morgan fingerprint density at radius 3 is 2.86 bits per heavy atom. The molecule has 2 aliphatic rings. The van der Waals surface area contributed by atoms with Crippen molar-refractivity contribution in [2.75, 3.05) is 37.7 Å². The largest absolute Gasteiger partial charge is 0.396 e. The molecular weight excluding hydrogens is 366 g/mol. The number of nitrogens with zero attached hydrogens (tertiary/aromatic N) is 4. The number of piperidine rings is 1. The van der Waals surface area contributed by atoms with E-state index in [1.54, 1.807) is 12.5 Å². The van der Waals surface area contributed by atoms with Crippen molar-refractivity contribution in [2.45, 2.75) is 12.8 Å². The molecule has 1 spiro atoms. The van der Waals surface area contributed by atoms with E-state index in [4.69, 9.17) is 0 Å². The van der Waals surface area contributed by atoms with E-state index >= 15 is 0 Å². The van der Waals surface area contributed by atoms with Gasteiger partial charge >= 0.3 is 0 Å². The molecule has 0 saturated carbocycles. The number of rotatable bonds is 3. The van der Waals surface area contributed by atoms with Crippen LogP contribution in [0.3, 0.4) is 0 Å². The van der Waals surface area contributed by atoms with Gasteiger partial charge in [0.2, 0.25) is 0 Å². The lowest BCUT2D eigenvalue weighted by molar-refractivity contribution is 0.0417. The number of H-pyrrole nitrogens is 1. The summed E-state index contributed by atoms with van der Waals surface area (Å²) >= 11 is 0. The van der Waals surface area contributed by atoms with Gasteiger partial charge in [0.15, 0.2) is 0 Å². The molecule has 0 bridgehead atoms.